The van der Waals surface area contributed by atoms with E-state index in [9.17, 15) is 0 Å². The number of aryl methyl sites for hydroxylation is 2. The molecule has 0 bridgehead atoms. The zero-order chi connectivity index (χ0) is 17.8. The first-order valence-electron chi connectivity index (χ1n) is 8.59. The van der Waals surface area contributed by atoms with E-state index in [0.717, 1.165) is 40.2 Å². The van der Waals surface area contributed by atoms with E-state index in [0.29, 0.717) is 0 Å². The van der Waals surface area contributed by atoms with Gasteiger partial charge in [0.25, 0.3) is 0 Å². The second-order valence-corrected chi connectivity index (χ2v) is 6.30. The zero-order valence-corrected chi connectivity index (χ0v) is 15.3. The van der Waals surface area contributed by atoms with Crippen molar-refractivity contribution in [1.29, 1.82) is 0 Å². The van der Waals surface area contributed by atoms with E-state index in [1.165, 1.54) is 5.39 Å². The molecule has 25 heavy (non-hydrogen) atoms. The number of rotatable bonds is 5. The van der Waals surface area contributed by atoms with Crippen molar-refractivity contribution in [1.82, 2.24) is 4.90 Å². The monoisotopic (exact) mass is 332 g/mol. The average Bonchev–Trinajstić information content (AvgIpc) is 2.63. The van der Waals surface area contributed by atoms with Gasteiger partial charge in [0.1, 0.15) is 11.5 Å². The van der Waals surface area contributed by atoms with Gasteiger partial charge in [0.05, 0.1) is 12.0 Å². The Morgan fingerprint density at radius 1 is 0.960 bits per heavy atom. The summed E-state index contributed by atoms with van der Waals surface area (Å²) in [5, 5.41) is 2.30. The number of benzene rings is 3. The average molecular weight is 332 g/mol. The molecule has 3 aromatic carbocycles. The van der Waals surface area contributed by atoms with Gasteiger partial charge in [-0.3, -0.25) is 0 Å². The van der Waals surface area contributed by atoms with Crippen LogP contribution in [0.25, 0.3) is 10.8 Å². The maximum atomic E-state index is 6.24. The summed E-state index contributed by atoms with van der Waals surface area (Å²) in [6.45, 7) is 7.16. The second-order valence-electron chi connectivity index (χ2n) is 6.30. The quantitative estimate of drug-likeness (QED) is 0.432. The molecular formula is C22H24N2O. The summed E-state index contributed by atoms with van der Waals surface area (Å²) < 4.78 is 6.24. The Hall–Kier alpha value is -2.81. The van der Waals surface area contributed by atoms with Crippen molar-refractivity contribution in [3.63, 3.8) is 0 Å². The van der Waals surface area contributed by atoms with Crippen LogP contribution in [0, 0.1) is 13.8 Å². The fourth-order valence-corrected chi connectivity index (χ4v) is 2.67. The van der Waals surface area contributed by atoms with Gasteiger partial charge in [-0.15, -0.1) is 0 Å². The molecule has 0 unspecified atom stereocenters. The van der Waals surface area contributed by atoms with Gasteiger partial charge in [-0.05, 0) is 55.5 Å². The molecule has 0 N–H and O–H groups in total. The van der Waals surface area contributed by atoms with Crippen LogP contribution in [0.1, 0.15) is 18.1 Å². The molecule has 0 fully saturated rings. The predicted molar refractivity (Wildman–Crippen MR) is 106 cm³/mol. The van der Waals surface area contributed by atoms with Crippen LogP contribution in [-0.2, 0) is 0 Å². The van der Waals surface area contributed by atoms with Crippen LogP contribution >= 0.6 is 0 Å². The Balaban J connectivity index is 1.93. The van der Waals surface area contributed by atoms with Crippen molar-refractivity contribution < 1.29 is 4.74 Å². The lowest BCUT2D eigenvalue weighted by Gasteiger charge is -2.14. The number of hydrogen-bond acceptors (Lipinski definition) is 2. The summed E-state index contributed by atoms with van der Waals surface area (Å²) in [5.41, 5.74) is 3.15. The largest absolute Gasteiger partial charge is 0.456 e. The molecule has 0 heterocycles. The Morgan fingerprint density at radius 3 is 2.52 bits per heavy atom. The number of fused-ring (bicyclic) bond motifs is 1. The van der Waals surface area contributed by atoms with E-state index < -0.39 is 0 Å². The fourth-order valence-electron chi connectivity index (χ4n) is 2.67. The highest BCUT2D eigenvalue weighted by molar-refractivity contribution is 5.88. The van der Waals surface area contributed by atoms with Crippen molar-refractivity contribution >= 4 is 22.8 Å². The molecule has 3 heteroatoms. The van der Waals surface area contributed by atoms with Crippen molar-refractivity contribution in [3.8, 4) is 11.5 Å². The molecule has 0 radical (unpaired) electrons. The van der Waals surface area contributed by atoms with Gasteiger partial charge in [0.2, 0.25) is 0 Å². The van der Waals surface area contributed by atoms with Gasteiger partial charge < -0.3 is 9.64 Å². The van der Waals surface area contributed by atoms with Crippen molar-refractivity contribution in [2.75, 3.05) is 13.6 Å². The minimum Gasteiger partial charge on any atom is -0.456 e. The standard InChI is InChI=1S/C22H24N2O/c1-5-24(4)15-23-20-13-17(3)22(14-16(20)2)25-21-12-8-10-18-9-6-7-11-19(18)21/h6-15H,5H2,1-4H3. The lowest BCUT2D eigenvalue weighted by Crippen LogP contribution is -2.14. The molecule has 128 valence electrons. The zero-order valence-electron chi connectivity index (χ0n) is 15.3. The van der Waals surface area contributed by atoms with Crippen LogP contribution in [0.15, 0.2) is 59.6 Å². The number of hydrogen-bond donors (Lipinski definition) is 0. The molecule has 0 aliphatic heterocycles. The molecule has 0 aromatic heterocycles. The first kappa shape index (κ1) is 17.0. The highest BCUT2D eigenvalue weighted by Gasteiger charge is 2.08. The van der Waals surface area contributed by atoms with Gasteiger partial charge in [-0.2, -0.15) is 0 Å². The molecule has 0 atom stereocenters. The van der Waals surface area contributed by atoms with Gasteiger partial charge in [-0.25, -0.2) is 4.99 Å². The van der Waals surface area contributed by atoms with Crippen molar-refractivity contribution in [2.45, 2.75) is 20.8 Å². The molecule has 0 saturated heterocycles. The van der Waals surface area contributed by atoms with Gasteiger partial charge >= 0.3 is 0 Å². The van der Waals surface area contributed by atoms with E-state index in [2.05, 4.69) is 61.0 Å². The molecule has 3 aromatic rings. The van der Waals surface area contributed by atoms with Crippen molar-refractivity contribution in [3.05, 3.63) is 65.7 Å². The highest BCUT2D eigenvalue weighted by Crippen LogP contribution is 2.34. The highest BCUT2D eigenvalue weighted by atomic mass is 16.5. The van der Waals surface area contributed by atoms with E-state index in [4.69, 9.17) is 4.74 Å². The van der Waals surface area contributed by atoms with Crippen LogP contribution < -0.4 is 4.74 Å². The molecule has 0 saturated carbocycles. The summed E-state index contributed by atoms with van der Waals surface area (Å²) in [5.74, 6) is 1.75. The summed E-state index contributed by atoms with van der Waals surface area (Å²) >= 11 is 0. The fraction of sp³-hybridized carbons (Fsp3) is 0.227. The first-order valence-corrected chi connectivity index (χ1v) is 8.59. The van der Waals surface area contributed by atoms with E-state index in [1.807, 2.05) is 37.7 Å². The summed E-state index contributed by atoms with van der Waals surface area (Å²) in [6, 6.07) is 18.6. The SMILES string of the molecule is CCN(C)C=Nc1cc(C)c(Oc2cccc3ccccc23)cc1C. The first-order chi connectivity index (χ1) is 12.1. The summed E-state index contributed by atoms with van der Waals surface area (Å²) in [6.07, 6.45) is 1.87. The Labute approximate surface area is 149 Å². The molecule has 0 spiro atoms. The smallest absolute Gasteiger partial charge is 0.135 e. The minimum atomic E-state index is 0.872. The number of ether oxygens (including phenoxy) is 1. The number of aliphatic imine (C=N–C) groups is 1. The van der Waals surface area contributed by atoms with Crippen LogP contribution in [0.5, 0.6) is 11.5 Å². The van der Waals surface area contributed by atoms with Crippen LogP contribution in [-0.4, -0.2) is 24.8 Å². The summed E-state index contributed by atoms with van der Waals surface area (Å²) in [4.78, 5) is 6.63. The van der Waals surface area contributed by atoms with Crippen molar-refractivity contribution in [2.24, 2.45) is 4.99 Å². The molecule has 0 aliphatic rings. The lowest BCUT2D eigenvalue weighted by atomic mass is 10.1. The molecule has 0 aliphatic carbocycles. The third-order valence-electron chi connectivity index (χ3n) is 4.36. The van der Waals surface area contributed by atoms with Gasteiger partial charge in [0.15, 0.2) is 0 Å². The molecule has 3 rings (SSSR count). The summed E-state index contributed by atoms with van der Waals surface area (Å²) in [7, 11) is 2.02. The maximum Gasteiger partial charge on any atom is 0.135 e. The van der Waals surface area contributed by atoms with E-state index in [1.54, 1.807) is 0 Å². The minimum absolute atomic E-state index is 0.872. The van der Waals surface area contributed by atoms with E-state index >= 15 is 0 Å². The normalized spacial score (nSPS) is 11.2. The predicted octanol–water partition coefficient (Wildman–Crippen LogP) is 5.86. The Kier molecular flexibility index (Phi) is 5.03. The van der Waals surface area contributed by atoms with Gasteiger partial charge in [-0.1, -0.05) is 36.4 Å². The van der Waals surface area contributed by atoms with Crippen LogP contribution in [0.4, 0.5) is 5.69 Å². The third kappa shape index (κ3) is 3.82. The van der Waals surface area contributed by atoms with Gasteiger partial charge in [0, 0.05) is 19.0 Å². The Morgan fingerprint density at radius 2 is 1.72 bits per heavy atom. The lowest BCUT2D eigenvalue weighted by molar-refractivity contribution is 0.484. The van der Waals surface area contributed by atoms with Crippen LogP contribution in [0.3, 0.4) is 0 Å². The molecule has 3 nitrogen and oxygen atoms in total. The third-order valence-corrected chi connectivity index (χ3v) is 4.36. The molecular weight excluding hydrogens is 308 g/mol. The molecule has 0 amide bonds. The number of nitrogens with zero attached hydrogens (tertiary/aromatic N) is 2. The van der Waals surface area contributed by atoms with E-state index in [-0.39, 0.29) is 0 Å². The maximum absolute atomic E-state index is 6.24. The van der Waals surface area contributed by atoms with Crippen LogP contribution in [0.2, 0.25) is 0 Å². The Bertz CT molecular complexity index is 910. The second kappa shape index (κ2) is 7.39. The topological polar surface area (TPSA) is 24.8 Å².